The van der Waals surface area contributed by atoms with Crippen molar-refractivity contribution >= 4 is 0 Å². The van der Waals surface area contributed by atoms with Gasteiger partial charge >= 0.3 is 0 Å². The number of ether oxygens (including phenoxy) is 1. The maximum absolute atomic E-state index is 5.46. The standard InChI is InChI=1S/C16H24N2O/c1-3-15(16-6-12-19-13-16)4-2-14(1)5-9-18-10-7-17-8-11-18/h1-4,16-17H,5-13H2. The normalized spacial score (nSPS) is 24.7. The van der Waals surface area contributed by atoms with Gasteiger partial charge in [-0.15, -0.1) is 0 Å². The van der Waals surface area contributed by atoms with Crippen LogP contribution in [0.4, 0.5) is 0 Å². The van der Waals surface area contributed by atoms with E-state index >= 15 is 0 Å². The zero-order valence-electron chi connectivity index (χ0n) is 11.6. The molecule has 2 fully saturated rings. The first kappa shape index (κ1) is 13.1. The number of hydrogen-bond donors (Lipinski definition) is 1. The van der Waals surface area contributed by atoms with E-state index in [1.807, 2.05) is 0 Å². The van der Waals surface area contributed by atoms with Crippen molar-refractivity contribution in [3.05, 3.63) is 35.4 Å². The van der Waals surface area contributed by atoms with Crippen LogP contribution in [-0.2, 0) is 11.2 Å². The quantitative estimate of drug-likeness (QED) is 0.890. The van der Waals surface area contributed by atoms with Crippen LogP contribution < -0.4 is 5.32 Å². The van der Waals surface area contributed by atoms with Crippen molar-refractivity contribution in [1.29, 1.82) is 0 Å². The summed E-state index contributed by atoms with van der Waals surface area (Å²) in [5.41, 5.74) is 2.91. The molecule has 19 heavy (non-hydrogen) atoms. The summed E-state index contributed by atoms with van der Waals surface area (Å²) in [6, 6.07) is 9.20. The third-order valence-corrected chi connectivity index (χ3v) is 4.31. The maximum atomic E-state index is 5.46. The van der Waals surface area contributed by atoms with Gasteiger partial charge in [0.1, 0.15) is 0 Å². The van der Waals surface area contributed by atoms with Crippen molar-refractivity contribution in [2.75, 3.05) is 45.9 Å². The molecule has 3 rings (SSSR count). The average molecular weight is 260 g/mol. The minimum absolute atomic E-state index is 0.627. The lowest BCUT2D eigenvalue weighted by atomic mass is 9.97. The Labute approximate surface area is 115 Å². The molecule has 1 aromatic carbocycles. The van der Waals surface area contributed by atoms with Crippen molar-refractivity contribution in [3.8, 4) is 0 Å². The van der Waals surface area contributed by atoms with E-state index in [9.17, 15) is 0 Å². The van der Waals surface area contributed by atoms with E-state index in [1.165, 1.54) is 43.6 Å². The first-order valence-corrected chi connectivity index (χ1v) is 7.51. The van der Waals surface area contributed by atoms with E-state index in [2.05, 4.69) is 34.5 Å². The number of hydrogen-bond acceptors (Lipinski definition) is 3. The number of benzene rings is 1. The summed E-state index contributed by atoms with van der Waals surface area (Å²) in [4.78, 5) is 2.55. The summed E-state index contributed by atoms with van der Waals surface area (Å²) in [7, 11) is 0. The van der Waals surface area contributed by atoms with Crippen LogP contribution in [0.15, 0.2) is 24.3 Å². The smallest absolute Gasteiger partial charge is 0.0535 e. The van der Waals surface area contributed by atoms with Crippen molar-refractivity contribution in [3.63, 3.8) is 0 Å². The molecule has 1 N–H and O–H groups in total. The Bertz CT molecular complexity index is 378. The van der Waals surface area contributed by atoms with Crippen LogP contribution in [0.25, 0.3) is 0 Å². The Morgan fingerprint density at radius 2 is 1.95 bits per heavy atom. The molecule has 3 nitrogen and oxygen atoms in total. The molecule has 2 saturated heterocycles. The molecular weight excluding hydrogens is 236 g/mol. The van der Waals surface area contributed by atoms with Gasteiger partial charge in [0.05, 0.1) is 6.61 Å². The fraction of sp³-hybridized carbons (Fsp3) is 0.625. The number of nitrogens with zero attached hydrogens (tertiary/aromatic N) is 1. The van der Waals surface area contributed by atoms with E-state index < -0.39 is 0 Å². The lowest BCUT2D eigenvalue weighted by Gasteiger charge is -2.27. The first-order chi connectivity index (χ1) is 9.42. The Morgan fingerprint density at radius 1 is 1.16 bits per heavy atom. The number of nitrogens with one attached hydrogen (secondary N) is 1. The van der Waals surface area contributed by atoms with Gasteiger partial charge in [0, 0.05) is 45.2 Å². The molecule has 0 saturated carbocycles. The Kier molecular flexibility index (Phi) is 4.49. The van der Waals surface area contributed by atoms with Gasteiger partial charge in [-0.1, -0.05) is 24.3 Å². The minimum atomic E-state index is 0.627. The monoisotopic (exact) mass is 260 g/mol. The van der Waals surface area contributed by atoms with Crippen molar-refractivity contribution in [2.45, 2.75) is 18.8 Å². The van der Waals surface area contributed by atoms with Crippen LogP contribution in [0.5, 0.6) is 0 Å². The summed E-state index contributed by atoms with van der Waals surface area (Å²) in [6.45, 7) is 7.68. The van der Waals surface area contributed by atoms with Crippen LogP contribution in [-0.4, -0.2) is 50.8 Å². The molecule has 104 valence electrons. The summed E-state index contributed by atoms with van der Waals surface area (Å²) in [6.07, 6.45) is 2.35. The van der Waals surface area contributed by atoms with Crippen molar-refractivity contribution < 1.29 is 4.74 Å². The predicted molar refractivity (Wildman–Crippen MR) is 77.6 cm³/mol. The molecule has 2 aliphatic rings. The molecule has 3 heteroatoms. The molecule has 1 atom stereocenters. The summed E-state index contributed by atoms with van der Waals surface area (Å²) in [5.74, 6) is 0.627. The van der Waals surface area contributed by atoms with E-state index in [4.69, 9.17) is 4.74 Å². The highest BCUT2D eigenvalue weighted by atomic mass is 16.5. The summed E-state index contributed by atoms with van der Waals surface area (Å²) < 4.78 is 5.46. The lowest BCUT2D eigenvalue weighted by Crippen LogP contribution is -2.44. The van der Waals surface area contributed by atoms with E-state index in [1.54, 1.807) is 0 Å². The molecule has 1 aromatic rings. The summed E-state index contributed by atoms with van der Waals surface area (Å²) in [5, 5.41) is 3.40. The third kappa shape index (κ3) is 3.56. The van der Waals surface area contributed by atoms with Gasteiger partial charge in [0.2, 0.25) is 0 Å². The molecule has 0 radical (unpaired) electrons. The van der Waals surface area contributed by atoms with E-state index in [0.29, 0.717) is 5.92 Å². The van der Waals surface area contributed by atoms with Crippen molar-refractivity contribution in [2.24, 2.45) is 0 Å². The zero-order chi connectivity index (χ0) is 12.9. The molecule has 0 bridgehead atoms. The SMILES string of the molecule is c1cc(C2CCOC2)ccc1CCN1CCNCC1. The first-order valence-electron chi connectivity index (χ1n) is 7.51. The van der Waals surface area contributed by atoms with Crippen LogP contribution in [0.2, 0.25) is 0 Å². The molecule has 0 amide bonds. The van der Waals surface area contributed by atoms with Gasteiger partial charge in [0.15, 0.2) is 0 Å². The highest BCUT2D eigenvalue weighted by molar-refractivity contribution is 5.26. The van der Waals surface area contributed by atoms with Crippen molar-refractivity contribution in [1.82, 2.24) is 10.2 Å². The highest BCUT2D eigenvalue weighted by Crippen LogP contribution is 2.25. The second-order valence-corrected chi connectivity index (χ2v) is 5.64. The molecule has 0 aromatic heterocycles. The number of rotatable bonds is 4. The fourth-order valence-electron chi connectivity index (χ4n) is 2.98. The molecule has 1 unspecified atom stereocenters. The van der Waals surface area contributed by atoms with Crippen LogP contribution in [0.1, 0.15) is 23.5 Å². The second-order valence-electron chi connectivity index (χ2n) is 5.64. The highest BCUT2D eigenvalue weighted by Gasteiger charge is 2.17. The number of piperazine rings is 1. The van der Waals surface area contributed by atoms with Gasteiger partial charge in [-0.25, -0.2) is 0 Å². The van der Waals surface area contributed by atoms with E-state index in [0.717, 1.165) is 26.3 Å². The van der Waals surface area contributed by atoms with Crippen LogP contribution >= 0.6 is 0 Å². The summed E-state index contributed by atoms with van der Waals surface area (Å²) >= 11 is 0. The van der Waals surface area contributed by atoms with Gasteiger partial charge in [-0.3, -0.25) is 0 Å². The van der Waals surface area contributed by atoms with Gasteiger partial charge in [0.25, 0.3) is 0 Å². The molecular formula is C16H24N2O. The lowest BCUT2D eigenvalue weighted by molar-refractivity contribution is 0.194. The minimum Gasteiger partial charge on any atom is -0.381 e. The Balaban J connectivity index is 1.50. The molecule has 0 spiro atoms. The Morgan fingerprint density at radius 3 is 2.63 bits per heavy atom. The van der Waals surface area contributed by atoms with Crippen LogP contribution in [0.3, 0.4) is 0 Å². The van der Waals surface area contributed by atoms with Gasteiger partial charge in [-0.2, -0.15) is 0 Å². The predicted octanol–water partition coefficient (Wildman–Crippen LogP) is 1.64. The maximum Gasteiger partial charge on any atom is 0.0535 e. The Hall–Kier alpha value is -0.900. The molecule has 0 aliphatic carbocycles. The average Bonchev–Trinajstić information content (AvgIpc) is 3.01. The van der Waals surface area contributed by atoms with E-state index in [-0.39, 0.29) is 0 Å². The molecule has 2 heterocycles. The van der Waals surface area contributed by atoms with Gasteiger partial charge in [-0.05, 0) is 24.0 Å². The molecule has 2 aliphatic heterocycles. The zero-order valence-corrected chi connectivity index (χ0v) is 11.6. The largest absolute Gasteiger partial charge is 0.381 e. The van der Waals surface area contributed by atoms with Gasteiger partial charge < -0.3 is 15.0 Å². The second kappa shape index (κ2) is 6.51. The fourth-order valence-corrected chi connectivity index (χ4v) is 2.98. The topological polar surface area (TPSA) is 24.5 Å². The van der Waals surface area contributed by atoms with Crippen LogP contribution in [0, 0.1) is 0 Å². The third-order valence-electron chi connectivity index (χ3n) is 4.31.